The van der Waals surface area contributed by atoms with Crippen molar-refractivity contribution in [2.45, 2.75) is 30.2 Å². The summed E-state index contributed by atoms with van der Waals surface area (Å²) in [6.07, 6.45) is 2.67. The molecule has 0 unspecified atom stereocenters. The Kier molecular flexibility index (Phi) is 3.28. The largest absolute Gasteiger partial charge is 0.330 e. The van der Waals surface area contributed by atoms with Crippen LogP contribution in [0, 0.1) is 0 Å². The molecule has 3 N–H and O–H groups in total. The van der Waals surface area contributed by atoms with Crippen molar-refractivity contribution in [3.05, 3.63) is 29.8 Å². The molecule has 88 valence electrons. The Balaban J connectivity index is 2.13. The quantitative estimate of drug-likeness (QED) is 0.793. The van der Waals surface area contributed by atoms with Gasteiger partial charge in [-0.2, -0.15) is 0 Å². The molecule has 0 aliphatic heterocycles. The molecule has 0 saturated heterocycles. The molecular weight excluding hydrogens is 224 g/mol. The molecule has 0 aromatic heterocycles. The first-order chi connectivity index (χ1) is 7.62. The van der Waals surface area contributed by atoms with Gasteiger partial charge in [-0.25, -0.2) is 13.1 Å². The van der Waals surface area contributed by atoms with E-state index in [9.17, 15) is 8.42 Å². The predicted molar refractivity (Wildman–Crippen MR) is 62.5 cm³/mol. The lowest BCUT2D eigenvalue weighted by atomic mass is 10.2. The molecule has 0 spiro atoms. The predicted octanol–water partition coefficient (Wildman–Crippen LogP) is 0.628. The summed E-state index contributed by atoms with van der Waals surface area (Å²) in [5.41, 5.74) is 6.49. The lowest BCUT2D eigenvalue weighted by molar-refractivity contribution is 0.581. The van der Waals surface area contributed by atoms with Crippen molar-refractivity contribution in [1.82, 2.24) is 4.72 Å². The van der Waals surface area contributed by atoms with Gasteiger partial charge in [0.2, 0.25) is 10.0 Å². The first kappa shape index (κ1) is 11.6. The lowest BCUT2D eigenvalue weighted by Crippen LogP contribution is -2.25. The molecule has 0 amide bonds. The molecule has 1 saturated carbocycles. The van der Waals surface area contributed by atoms with E-state index < -0.39 is 10.0 Å². The lowest BCUT2D eigenvalue weighted by Gasteiger charge is -2.06. The van der Waals surface area contributed by atoms with Crippen LogP contribution in [0.5, 0.6) is 0 Å². The van der Waals surface area contributed by atoms with Crippen LogP contribution in [0.2, 0.25) is 0 Å². The smallest absolute Gasteiger partial charge is 0.240 e. The molecule has 0 bridgehead atoms. The number of rotatable bonds is 5. The SMILES string of the molecule is NCCc1ccc(S(=O)(=O)NC2CC2)cc1. The molecule has 0 radical (unpaired) electrons. The number of hydrogen-bond acceptors (Lipinski definition) is 3. The molecule has 1 fully saturated rings. The Labute approximate surface area is 95.9 Å². The molecule has 1 aromatic carbocycles. The highest BCUT2D eigenvalue weighted by Gasteiger charge is 2.27. The number of hydrogen-bond donors (Lipinski definition) is 2. The molecular formula is C11H16N2O2S. The molecule has 5 heteroatoms. The third-order valence-electron chi connectivity index (χ3n) is 2.57. The van der Waals surface area contributed by atoms with Gasteiger partial charge in [0.15, 0.2) is 0 Å². The minimum atomic E-state index is -3.31. The normalized spacial score (nSPS) is 16.3. The van der Waals surface area contributed by atoms with Crippen molar-refractivity contribution in [3.63, 3.8) is 0 Å². The van der Waals surface area contributed by atoms with Crippen molar-refractivity contribution in [1.29, 1.82) is 0 Å². The summed E-state index contributed by atoms with van der Waals surface area (Å²) in [5, 5.41) is 0. The van der Waals surface area contributed by atoms with Crippen LogP contribution < -0.4 is 10.5 Å². The first-order valence-electron chi connectivity index (χ1n) is 5.43. The van der Waals surface area contributed by atoms with Crippen molar-refractivity contribution in [2.24, 2.45) is 5.73 Å². The highest BCUT2D eigenvalue weighted by molar-refractivity contribution is 7.89. The Morgan fingerprint density at radius 1 is 1.25 bits per heavy atom. The third kappa shape index (κ3) is 2.81. The van der Waals surface area contributed by atoms with E-state index in [1.165, 1.54) is 0 Å². The van der Waals surface area contributed by atoms with Crippen LogP contribution in [0.1, 0.15) is 18.4 Å². The van der Waals surface area contributed by atoms with Gasteiger partial charge in [0, 0.05) is 6.04 Å². The number of nitrogens with one attached hydrogen (secondary N) is 1. The van der Waals surface area contributed by atoms with Gasteiger partial charge in [-0.15, -0.1) is 0 Å². The molecule has 1 aromatic rings. The Morgan fingerprint density at radius 2 is 1.88 bits per heavy atom. The van der Waals surface area contributed by atoms with Crippen LogP contribution in [0.25, 0.3) is 0 Å². The van der Waals surface area contributed by atoms with Gasteiger partial charge in [-0.1, -0.05) is 12.1 Å². The Bertz CT molecular complexity index is 449. The van der Waals surface area contributed by atoms with Crippen LogP contribution >= 0.6 is 0 Å². The minimum absolute atomic E-state index is 0.147. The van der Waals surface area contributed by atoms with E-state index in [0.717, 1.165) is 24.8 Å². The van der Waals surface area contributed by atoms with E-state index in [0.29, 0.717) is 11.4 Å². The fourth-order valence-electron chi connectivity index (χ4n) is 1.49. The number of sulfonamides is 1. The Morgan fingerprint density at radius 3 is 2.38 bits per heavy atom. The minimum Gasteiger partial charge on any atom is -0.330 e. The maximum absolute atomic E-state index is 11.8. The van der Waals surface area contributed by atoms with Gasteiger partial charge in [-0.3, -0.25) is 0 Å². The average Bonchev–Trinajstić information content (AvgIpc) is 3.02. The van der Waals surface area contributed by atoms with E-state index in [1.807, 2.05) is 12.1 Å². The molecule has 1 aliphatic carbocycles. The zero-order valence-electron chi connectivity index (χ0n) is 9.02. The maximum atomic E-state index is 11.8. The van der Waals surface area contributed by atoms with Crippen molar-refractivity contribution < 1.29 is 8.42 Å². The van der Waals surface area contributed by atoms with Gasteiger partial charge in [0.1, 0.15) is 0 Å². The van der Waals surface area contributed by atoms with E-state index in [-0.39, 0.29) is 6.04 Å². The Hall–Kier alpha value is -0.910. The first-order valence-corrected chi connectivity index (χ1v) is 6.91. The number of nitrogens with two attached hydrogens (primary N) is 1. The fourth-order valence-corrected chi connectivity index (χ4v) is 2.80. The standard InChI is InChI=1S/C11H16N2O2S/c12-8-7-9-1-5-11(6-2-9)16(14,15)13-10-3-4-10/h1-2,5-6,10,13H,3-4,7-8,12H2. The maximum Gasteiger partial charge on any atom is 0.240 e. The van der Waals surface area contributed by atoms with Crippen LogP contribution in [0.4, 0.5) is 0 Å². The van der Waals surface area contributed by atoms with Gasteiger partial charge in [0.05, 0.1) is 4.90 Å². The molecule has 2 rings (SSSR count). The number of benzene rings is 1. The van der Waals surface area contributed by atoms with Crippen LogP contribution in [0.15, 0.2) is 29.2 Å². The van der Waals surface area contributed by atoms with E-state index in [1.54, 1.807) is 12.1 Å². The second kappa shape index (κ2) is 4.53. The summed E-state index contributed by atoms with van der Waals surface area (Å²) in [4.78, 5) is 0.333. The van der Waals surface area contributed by atoms with Crippen molar-refractivity contribution >= 4 is 10.0 Å². The van der Waals surface area contributed by atoms with Gasteiger partial charge in [-0.05, 0) is 43.5 Å². The third-order valence-corrected chi connectivity index (χ3v) is 4.10. The summed E-state index contributed by atoms with van der Waals surface area (Å²) in [5.74, 6) is 0. The molecule has 1 aliphatic rings. The summed E-state index contributed by atoms with van der Waals surface area (Å²) in [6.45, 7) is 0.576. The topological polar surface area (TPSA) is 72.2 Å². The summed E-state index contributed by atoms with van der Waals surface area (Å²) in [6, 6.07) is 7.04. The second-order valence-corrected chi connectivity index (χ2v) is 5.79. The highest BCUT2D eigenvalue weighted by Crippen LogP contribution is 2.22. The molecule has 0 heterocycles. The second-order valence-electron chi connectivity index (χ2n) is 4.08. The highest BCUT2D eigenvalue weighted by atomic mass is 32.2. The summed E-state index contributed by atoms with van der Waals surface area (Å²) in [7, 11) is -3.31. The van der Waals surface area contributed by atoms with Crippen LogP contribution in [-0.2, 0) is 16.4 Å². The van der Waals surface area contributed by atoms with Gasteiger partial charge in [0.25, 0.3) is 0 Å². The average molecular weight is 240 g/mol. The monoisotopic (exact) mass is 240 g/mol. The molecule has 16 heavy (non-hydrogen) atoms. The molecule has 4 nitrogen and oxygen atoms in total. The summed E-state index contributed by atoms with van der Waals surface area (Å²) < 4.78 is 26.3. The van der Waals surface area contributed by atoms with Crippen LogP contribution in [0.3, 0.4) is 0 Å². The molecule has 0 atom stereocenters. The van der Waals surface area contributed by atoms with E-state index >= 15 is 0 Å². The summed E-state index contributed by atoms with van der Waals surface area (Å²) >= 11 is 0. The van der Waals surface area contributed by atoms with E-state index in [4.69, 9.17) is 5.73 Å². The zero-order valence-corrected chi connectivity index (χ0v) is 9.83. The van der Waals surface area contributed by atoms with E-state index in [2.05, 4.69) is 4.72 Å². The van der Waals surface area contributed by atoms with Crippen molar-refractivity contribution in [2.75, 3.05) is 6.54 Å². The van der Waals surface area contributed by atoms with Crippen molar-refractivity contribution in [3.8, 4) is 0 Å². The van der Waals surface area contributed by atoms with Gasteiger partial charge >= 0.3 is 0 Å². The van der Waals surface area contributed by atoms with Crippen LogP contribution in [-0.4, -0.2) is 21.0 Å². The zero-order chi connectivity index (χ0) is 11.6. The fraction of sp³-hybridized carbons (Fsp3) is 0.455. The van der Waals surface area contributed by atoms with Gasteiger partial charge < -0.3 is 5.73 Å².